The Bertz CT molecular complexity index is 651. The van der Waals surface area contributed by atoms with Crippen molar-refractivity contribution in [2.45, 2.75) is 31.8 Å². The predicted octanol–water partition coefficient (Wildman–Crippen LogP) is 2.98. The number of rotatable bonds is 3. The highest BCUT2D eigenvalue weighted by Gasteiger charge is 2.47. The first kappa shape index (κ1) is 13.2. The first-order chi connectivity index (χ1) is 10.2. The maximum Gasteiger partial charge on any atom is 0.321 e. The summed E-state index contributed by atoms with van der Waals surface area (Å²) in [6.07, 6.45) is 3.44. The Kier molecular flexibility index (Phi) is 3.19. The number of benzene rings is 1. The zero-order valence-corrected chi connectivity index (χ0v) is 12.6. The van der Waals surface area contributed by atoms with Crippen molar-refractivity contribution in [2.24, 2.45) is 11.8 Å². The third-order valence-electron chi connectivity index (χ3n) is 4.92. The van der Waals surface area contributed by atoms with Gasteiger partial charge in [0.05, 0.1) is 16.8 Å². The minimum absolute atomic E-state index is 0.315. The molecule has 1 aliphatic carbocycles. The number of thiazole rings is 1. The van der Waals surface area contributed by atoms with Crippen LogP contribution in [0.5, 0.6) is 0 Å². The number of hydrogen-bond donors (Lipinski definition) is 1. The summed E-state index contributed by atoms with van der Waals surface area (Å²) in [6, 6.07) is 7.79. The molecule has 0 unspecified atom stereocenters. The minimum Gasteiger partial charge on any atom is -0.480 e. The molecule has 2 fully saturated rings. The summed E-state index contributed by atoms with van der Waals surface area (Å²) in [7, 11) is 0. The maximum absolute atomic E-state index is 11.7. The number of carboxylic acids is 1. The Morgan fingerprint density at radius 1 is 1.38 bits per heavy atom. The lowest BCUT2D eigenvalue weighted by Gasteiger charge is -2.22. The van der Waals surface area contributed by atoms with Gasteiger partial charge in [-0.3, -0.25) is 9.69 Å². The summed E-state index contributed by atoms with van der Waals surface area (Å²) in [5.74, 6) is 0.253. The Morgan fingerprint density at radius 3 is 3.05 bits per heavy atom. The van der Waals surface area contributed by atoms with Gasteiger partial charge in [-0.15, -0.1) is 11.3 Å². The lowest BCUT2D eigenvalue weighted by Crippen LogP contribution is -2.39. The molecule has 0 amide bonds. The second kappa shape index (κ2) is 5.07. The molecule has 5 heteroatoms. The van der Waals surface area contributed by atoms with Gasteiger partial charge in [0, 0.05) is 6.54 Å². The van der Waals surface area contributed by atoms with Crippen LogP contribution in [0.3, 0.4) is 0 Å². The molecule has 110 valence electrons. The summed E-state index contributed by atoms with van der Waals surface area (Å²) in [4.78, 5) is 18.4. The number of nitrogens with zero attached hydrogens (tertiary/aromatic N) is 2. The lowest BCUT2D eigenvalue weighted by molar-refractivity contribution is -0.143. The average molecular weight is 302 g/mol. The zero-order valence-electron chi connectivity index (χ0n) is 11.7. The van der Waals surface area contributed by atoms with Gasteiger partial charge in [0.1, 0.15) is 11.0 Å². The van der Waals surface area contributed by atoms with Crippen LogP contribution < -0.4 is 0 Å². The van der Waals surface area contributed by atoms with Gasteiger partial charge in [0.25, 0.3) is 0 Å². The smallest absolute Gasteiger partial charge is 0.321 e. The molecular weight excluding hydrogens is 284 g/mol. The lowest BCUT2D eigenvalue weighted by atomic mass is 9.94. The first-order valence-corrected chi connectivity index (χ1v) is 8.35. The van der Waals surface area contributed by atoms with Gasteiger partial charge in [-0.05, 0) is 36.8 Å². The van der Waals surface area contributed by atoms with Crippen molar-refractivity contribution in [3.63, 3.8) is 0 Å². The predicted molar refractivity (Wildman–Crippen MR) is 82.3 cm³/mol. The number of aromatic nitrogens is 1. The van der Waals surface area contributed by atoms with Crippen LogP contribution in [0.15, 0.2) is 24.3 Å². The Labute approximate surface area is 127 Å². The zero-order chi connectivity index (χ0) is 14.4. The molecule has 2 heterocycles. The molecule has 0 spiro atoms. The van der Waals surface area contributed by atoms with Crippen LogP contribution in [0, 0.1) is 11.8 Å². The third kappa shape index (κ3) is 2.24. The number of carbonyl (C=O) groups is 1. The largest absolute Gasteiger partial charge is 0.480 e. The summed E-state index contributed by atoms with van der Waals surface area (Å²) < 4.78 is 1.18. The normalized spacial score (nSPS) is 29.0. The average Bonchev–Trinajstić information content (AvgIpc) is 3.10. The summed E-state index contributed by atoms with van der Waals surface area (Å²) in [6.45, 7) is 1.58. The topological polar surface area (TPSA) is 53.4 Å². The molecule has 1 aromatic carbocycles. The SMILES string of the molecule is O=C(O)[C@@H]1[C@@H]2CCC[C@@H]2CN1Cc1nc2ccccc2s1. The van der Waals surface area contributed by atoms with Crippen molar-refractivity contribution >= 4 is 27.5 Å². The molecule has 4 nitrogen and oxygen atoms in total. The number of para-hydroxylation sites is 1. The summed E-state index contributed by atoms with van der Waals surface area (Å²) >= 11 is 1.68. The molecule has 1 aliphatic heterocycles. The standard InChI is InChI=1S/C16H18N2O2S/c19-16(20)15-11-5-3-4-10(11)8-18(15)9-14-17-12-6-1-2-7-13(12)21-14/h1-2,6-7,10-11,15H,3-5,8-9H2,(H,19,20)/t10-,11-,15+/m1/s1. The first-order valence-electron chi connectivity index (χ1n) is 7.53. The molecule has 4 rings (SSSR count). The quantitative estimate of drug-likeness (QED) is 0.947. The van der Waals surface area contributed by atoms with Gasteiger partial charge in [0.15, 0.2) is 0 Å². The van der Waals surface area contributed by atoms with Gasteiger partial charge in [-0.2, -0.15) is 0 Å². The highest BCUT2D eigenvalue weighted by Crippen LogP contribution is 2.43. The third-order valence-corrected chi connectivity index (χ3v) is 5.94. The van der Waals surface area contributed by atoms with Crippen LogP contribution in [0.25, 0.3) is 10.2 Å². The van der Waals surface area contributed by atoms with Gasteiger partial charge in [0.2, 0.25) is 0 Å². The number of likely N-dealkylation sites (tertiary alicyclic amines) is 1. The molecule has 0 bridgehead atoms. The Morgan fingerprint density at radius 2 is 2.24 bits per heavy atom. The fourth-order valence-corrected chi connectivity index (χ4v) is 5.05. The van der Waals surface area contributed by atoms with Crippen LogP contribution in [0.2, 0.25) is 0 Å². The molecule has 3 atom stereocenters. The van der Waals surface area contributed by atoms with Crippen molar-refractivity contribution in [3.8, 4) is 0 Å². The fraction of sp³-hybridized carbons (Fsp3) is 0.500. The number of fused-ring (bicyclic) bond motifs is 2. The van der Waals surface area contributed by atoms with Gasteiger partial charge >= 0.3 is 5.97 Å². The number of hydrogen-bond acceptors (Lipinski definition) is 4. The van der Waals surface area contributed by atoms with E-state index in [0.29, 0.717) is 18.4 Å². The minimum atomic E-state index is -0.662. The van der Waals surface area contributed by atoms with Gasteiger partial charge in [-0.25, -0.2) is 4.98 Å². The van der Waals surface area contributed by atoms with Crippen molar-refractivity contribution in [2.75, 3.05) is 6.54 Å². The van der Waals surface area contributed by atoms with E-state index in [2.05, 4.69) is 16.0 Å². The van der Waals surface area contributed by atoms with Crippen LogP contribution in [0.1, 0.15) is 24.3 Å². The van der Waals surface area contributed by atoms with Crippen LogP contribution in [-0.4, -0.2) is 33.5 Å². The monoisotopic (exact) mass is 302 g/mol. The Balaban J connectivity index is 1.59. The second-order valence-electron chi connectivity index (χ2n) is 6.14. The Hall–Kier alpha value is -1.46. The second-order valence-corrected chi connectivity index (χ2v) is 7.26. The molecule has 2 aromatic rings. The molecule has 1 N–H and O–H groups in total. The van der Waals surface area contributed by atoms with Crippen molar-refractivity contribution < 1.29 is 9.90 Å². The van der Waals surface area contributed by atoms with E-state index in [1.165, 1.54) is 17.5 Å². The molecule has 1 aromatic heterocycles. The number of aliphatic carboxylic acids is 1. The van der Waals surface area contributed by atoms with E-state index < -0.39 is 5.97 Å². The van der Waals surface area contributed by atoms with Crippen LogP contribution in [-0.2, 0) is 11.3 Å². The van der Waals surface area contributed by atoms with E-state index in [4.69, 9.17) is 0 Å². The maximum atomic E-state index is 11.7. The van der Waals surface area contributed by atoms with Gasteiger partial charge in [-0.1, -0.05) is 18.6 Å². The van der Waals surface area contributed by atoms with Crippen molar-refractivity contribution in [1.29, 1.82) is 0 Å². The van der Waals surface area contributed by atoms with Crippen LogP contribution >= 0.6 is 11.3 Å². The number of carboxylic acid groups (broad SMARTS) is 1. The molecule has 1 saturated carbocycles. The highest BCUT2D eigenvalue weighted by atomic mass is 32.1. The molecule has 1 saturated heterocycles. The molecule has 2 aliphatic rings. The highest BCUT2D eigenvalue weighted by molar-refractivity contribution is 7.18. The van der Waals surface area contributed by atoms with E-state index in [1.807, 2.05) is 18.2 Å². The fourth-order valence-electron chi connectivity index (χ4n) is 4.06. The molecule has 21 heavy (non-hydrogen) atoms. The summed E-state index contributed by atoms with van der Waals surface area (Å²) in [5.41, 5.74) is 1.02. The summed E-state index contributed by atoms with van der Waals surface area (Å²) in [5, 5.41) is 10.6. The van der Waals surface area contributed by atoms with Gasteiger partial charge < -0.3 is 5.11 Å². The van der Waals surface area contributed by atoms with E-state index >= 15 is 0 Å². The van der Waals surface area contributed by atoms with Crippen molar-refractivity contribution in [1.82, 2.24) is 9.88 Å². The van der Waals surface area contributed by atoms with Crippen molar-refractivity contribution in [3.05, 3.63) is 29.3 Å². The molecular formula is C16H18N2O2S. The van der Waals surface area contributed by atoms with Crippen LogP contribution in [0.4, 0.5) is 0 Å². The van der Waals surface area contributed by atoms with E-state index in [1.54, 1.807) is 11.3 Å². The van der Waals surface area contributed by atoms with E-state index in [9.17, 15) is 9.90 Å². The van der Waals surface area contributed by atoms with E-state index in [-0.39, 0.29) is 6.04 Å². The van der Waals surface area contributed by atoms with E-state index in [0.717, 1.165) is 23.5 Å². The molecule has 0 radical (unpaired) electrons.